The summed E-state index contributed by atoms with van der Waals surface area (Å²) >= 11 is 0. The summed E-state index contributed by atoms with van der Waals surface area (Å²) in [5.74, 6) is 6.34. The van der Waals surface area contributed by atoms with E-state index in [1.165, 1.54) is 0 Å². The summed E-state index contributed by atoms with van der Waals surface area (Å²) in [6, 6.07) is 18.1. The highest BCUT2D eigenvalue weighted by atomic mass is 16.7. The van der Waals surface area contributed by atoms with Gasteiger partial charge in [0.1, 0.15) is 0 Å². The summed E-state index contributed by atoms with van der Waals surface area (Å²) in [7, 11) is -0.323. The van der Waals surface area contributed by atoms with Crippen LogP contribution in [0.2, 0.25) is 0 Å². The van der Waals surface area contributed by atoms with Crippen molar-refractivity contribution >= 4 is 12.6 Å². The van der Waals surface area contributed by atoms with Crippen LogP contribution in [0, 0.1) is 11.8 Å². The van der Waals surface area contributed by atoms with E-state index in [4.69, 9.17) is 9.31 Å². The van der Waals surface area contributed by atoms with Gasteiger partial charge in [-0.15, -0.1) is 0 Å². The van der Waals surface area contributed by atoms with Crippen LogP contribution in [-0.2, 0) is 9.31 Å². The van der Waals surface area contributed by atoms with Crippen LogP contribution in [0.25, 0.3) is 0 Å². The van der Waals surface area contributed by atoms with Crippen LogP contribution >= 0.6 is 0 Å². The van der Waals surface area contributed by atoms with Crippen molar-refractivity contribution in [2.24, 2.45) is 0 Å². The molecule has 0 amide bonds. The summed E-state index contributed by atoms with van der Waals surface area (Å²) in [6.07, 6.45) is 0. The first-order valence-corrected chi connectivity index (χ1v) is 7.90. The Labute approximate surface area is 139 Å². The maximum atomic E-state index is 6.06. The topological polar surface area (TPSA) is 18.5 Å². The third kappa shape index (κ3) is 3.34. The molecule has 2 aromatic carbocycles. The van der Waals surface area contributed by atoms with E-state index in [-0.39, 0.29) is 18.3 Å². The quantitative estimate of drug-likeness (QED) is 0.594. The molecule has 1 aliphatic rings. The van der Waals surface area contributed by atoms with Crippen molar-refractivity contribution < 1.29 is 9.31 Å². The van der Waals surface area contributed by atoms with E-state index >= 15 is 0 Å². The van der Waals surface area contributed by atoms with Gasteiger partial charge in [0.15, 0.2) is 0 Å². The Morgan fingerprint density at radius 2 is 1.17 bits per heavy atom. The van der Waals surface area contributed by atoms with Gasteiger partial charge in [-0.3, -0.25) is 0 Å². The highest BCUT2D eigenvalue weighted by molar-refractivity contribution is 6.62. The maximum Gasteiger partial charge on any atom is 0.494 e. The second kappa shape index (κ2) is 5.89. The second-order valence-electron chi connectivity index (χ2n) is 6.83. The third-order valence-electron chi connectivity index (χ3n) is 4.56. The Balaban J connectivity index is 1.75. The largest absolute Gasteiger partial charge is 0.494 e. The van der Waals surface area contributed by atoms with Gasteiger partial charge in [0, 0.05) is 11.1 Å². The molecule has 0 aliphatic carbocycles. The van der Waals surface area contributed by atoms with Crippen molar-refractivity contribution in [3.05, 3.63) is 65.7 Å². The van der Waals surface area contributed by atoms with Gasteiger partial charge >= 0.3 is 7.12 Å². The normalized spacial score (nSPS) is 18.3. The predicted molar refractivity (Wildman–Crippen MR) is 94.6 cm³/mol. The second-order valence-corrected chi connectivity index (χ2v) is 6.83. The first-order valence-electron chi connectivity index (χ1n) is 7.90. The summed E-state index contributed by atoms with van der Waals surface area (Å²) in [6.45, 7) is 8.25. The molecule has 0 radical (unpaired) electrons. The van der Waals surface area contributed by atoms with Crippen LogP contribution in [0.5, 0.6) is 0 Å². The van der Waals surface area contributed by atoms with Crippen molar-refractivity contribution in [3.63, 3.8) is 0 Å². The number of hydrogen-bond acceptors (Lipinski definition) is 2. The van der Waals surface area contributed by atoms with E-state index < -0.39 is 0 Å². The molecule has 0 saturated carbocycles. The Morgan fingerprint density at radius 3 is 1.70 bits per heavy atom. The van der Waals surface area contributed by atoms with Crippen LogP contribution in [0.1, 0.15) is 38.8 Å². The molecular weight excluding hydrogens is 283 g/mol. The molecule has 2 aromatic rings. The minimum atomic E-state index is -0.323. The average molecular weight is 304 g/mol. The van der Waals surface area contributed by atoms with Gasteiger partial charge in [0.25, 0.3) is 0 Å². The van der Waals surface area contributed by atoms with Gasteiger partial charge in [0.2, 0.25) is 0 Å². The Kier molecular flexibility index (Phi) is 4.06. The first kappa shape index (κ1) is 15.9. The standard InChI is InChI=1S/C20H21BO2/c1-19(2)20(3,4)23-21(22-19)18-14-12-17(13-15-18)11-10-16-8-6-5-7-9-16/h5-9,12-15H,1-4H3. The SMILES string of the molecule is CC1(C)OB(c2ccc(C#Cc3ccccc3)cc2)OC1(C)C. The van der Waals surface area contributed by atoms with Crippen molar-refractivity contribution in [3.8, 4) is 11.8 Å². The molecule has 1 aliphatic heterocycles. The predicted octanol–water partition coefficient (Wildman–Crippen LogP) is 3.39. The minimum Gasteiger partial charge on any atom is -0.399 e. The lowest BCUT2D eigenvalue weighted by Gasteiger charge is -2.32. The minimum absolute atomic E-state index is 0.316. The van der Waals surface area contributed by atoms with E-state index in [0.717, 1.165) is 16.6 Å². The maximum absolute atomic E-state index is 6.06. The van der Waals surface area contributed by atoms with Crippen LogP contribution in [0.3, 0.4) is 0 Å². The van der Waals surface area contributed by atoms with E-state index in [1.807, 2.05) is 54.6 Å². The molecule has 0 atom stereocenters. The van der Waals surface area contributed by atoms with Gasteiger partial charge < -0.3 is 9.31 Å². The molecule has 0 aromatic heterocycles. The highest BCUT2D eigenvalue weighted by Gasteiger charge is 2.51. The van der Waals surface area contributed by atoms with Crippen molar-refractivity contribution in [1.82, 2.24) is 0 Å². The molecule has 1 heterocycles. The summed E-state index contributed by atoms with van der Waals surface area (Å²) in [5, 5.41) is 0. The number of benzene rings is 2. The Bertz CT molecular complexity index is 721. The molecule has 3 heteroatoms. The molecular formula is C20H21BO2. The van der Waals surface area contributed by atoms with Gasteiger partial charge in [-0.05, 0) is 57.4 Å². The zero-order chi connectivity index (χ0) is 16.5. The Hall–Kier alpha value is -2.02. The molecule has 3 rings (SSSR count). The molecule has 0 spiro atoms. The fourth-order valence-electron chi connectivity index (χ4n) is 2.37. The van der Waals surface area contributed by atoms with Gasteiger partial charge in [0.05, 0.1) is 11.2 Å². The van der Waals surface area contributed by atoms with E-state index in [9.17, 15) is 0 Å². The van der Waals surface area contributed by atoms with Crippen molar-refractivity contribution in [1.29, 1.82) is 0 Å². The zero-order valence-electron chi connectivity index (χ0n) is 14.1. The van der Waals surface area contributed by atoms with Crippen LogP contribution < -0.4 is 5.46 Å². The summed E-state index contributed by atoms with van der Waals surface area (Å²) < 4.78 is 12.1. The van der Waals surface area contributed by atoms with E-state index in [2.05, 4.69) is 39.5 Å². The molecule has 0 N–H and O–H groups in total. The highest BCUT2D eigenvalue weighted by Crippen LogP contribution is 2.36. The molecule has 0 unspecified atom stereocenters. The van der Waals surface area contributed by atoms with Crippen molar-refractivity contribution in [2.75, 3.05) is 0 Å². The van der Waals surface area contributed by atoms with E-state index in [1.54, 1.807) is 0 Å². The fourth-order valence-corrected chi connectivity index (χ4v) is 2.37. The van der Waals surface area contributed by atoms with Gasteiger partial charge in [-0.1, -0.05) is 42.2 Å². The van der Waals surface area contributed by atoms with Crippen LogP contribution in [-0.4, -0.2) is 18.3 Å². The molecule has 1 fully saturated rings. The monoisotopic (exact) mass is 304 g/mol. The number of hydrogen-bond donors (Lipinski definition) is 0. The van der Waals surface area contributed by atoms with Crippen LogP contribution in [0.15, 0.2) is 54.6 Å². The molecule has 116 valence electrons. The van der Waals surface area contributed by atoms with E-state index in [0.29, 0.717) is 0 Å². The lowest BCUT2D eigenvalue weighted by molar-refractivity contribution is 0.00578. The molecule has 23 heavy (non-hydrogen) atoms. The lowest BCUT2D eigenvalue weighted by Crippen LogP contribution is -2.41. The number of rotatable bonds is 1. The van der Waals surface area contributed by atoms with Crippen LogP contribution in [0.4, 0.5) is 0 Å². The third-order valence-corrected chi connectivity index (χ3v) is 4.56. The zero-order valence-corrected chi connectivity index (χ0v) is 14.1. The molecule has 2 nitrogen and oxygen atoms in total. The smallest absolute Gasteiger partial charge is 0.399 e. The molecule has 0 bridgehead atoms. The summed E-state index contributed by atoms with van der Waals surface area (Å²) in [5.41, 5.74) is 2.39. The summed E-state index contributed by atoms with van der Waals surface area (Å²) in [4.78, 5) is 0. The molecule has 1 saturated heterocycles. The van der Waals surface area contributed by atoms with Crippen molar-refractivity contribution in [2.45, 2.75) is 38.9 Å². The Morgan fingerprint density at radius 1 is 0.696 bits per heavy atom. The van der Waals surface area contributed by atoms with Gasteiger partial charge in [-0.2, -0.15) is 0 Å². The first-order chi connectivity index (χ1) is 10.9. The van der Waals surface area contributed by atoms with Gasteiger partial charge in [-0.25, -0.2) is 0 Å². The average Bonchev–Trinajstić information content (AvgIpc) is 2.75. The fraction of sp³-hybridized carbons (Fsp3) is 0.300. The lowest BCUT2D eigenvalue weighted by atomic mass is 9.79.